The second-order valence-corrected chi connectivity index (χ2v) is 4.46. The Bertz CT molecular complexity index is 275. The van der Waals surface area contributed by atoms with Gasteiger partial charge in [-0.2, -0.15) is 0 Å². The zero-order valence-corrected chi connectivity index (χ0v) is 10.0. The van der Waals surface area contributed by atoms with Crippen LogP contribution in [0, 0.1) is 0 Å². The third-order valence-electron chi connectivity index (χ3n) is 2.30. The minimum Gasteiger partial charge on any atom is -0.353 e. The summed E-state index contributed by atoms with van der Waals surface area (Å²) in [7, 11) is 0. The van der Waals surface area contributed by atoms with Gasteiger partial charge in [0.2, 0.25) is 5.91 Å². The SMILES string of the molecule is CC(=O)CCC(=O)NCC1COC(C)(C)O1. The van der Waals surface area contributed by atoms with E-state index in [0.717, 1.165) is 0 Å². The summed E-state index contributed by atoms with van der Waals surface area (Å²) in [5.41, 5.74) is 0. The van der Waals surface area contributed by atoms with Gasteiger partial charge >= 0.3 is 0 Å². The van der Waals surface area contributed by atoms with Crippen LogP contribution < -0.4 is 5.32 Å². The number of carbonyl (C=O) groups excluding carboxylic acids is 2. The molecular formula is C11H19NO4. The third-order valence-corrected chi connectivity index (χ3v) is 2.30. The molecule has 0 radical (unpaired) electrons. The van der Waals surface area contributed by atoms with E-state index in [9.17, 15) is 9.59 Å². The zero-order chi connectivity index (χ0) is 12.2. The molecule has 1 fully saturated rings. The van der Waals surface area contributed by atoms with Gasteiger partial charge in [-0.05, 0) is 20.8 Å². The minimum atomic E-state index is -0.561. The Balaban J connectivity index is 2.15. The number of nitrogens with one attached hydrogen (secondary N) is 1. The highest BCUT2D eigenvalue weighted by Crippen LogP contribution is 2.21. The van der Waals surface area contributed by atoms with E-state index >= 15 is 0 Å². The van der Waals surface area contributed by atoms with Crippen LogP contribution in [0.2, 0.25) is 0 Å². The smallest absolute Gasteiger partial charge is 0.220 e. The van der Waals surface area contributed by atoms with Gasteiger partial charge in [0.05, 0.1) is 6.61 Å². The molecule has 5 nitrogen and oxygen atoms in total. The molecule has 0 aliphatic carbocycles. The predicted octanol–water partition coefficient (Wildman–Crippen LogP) is 0.623. The van der Waals surface area contributed by atoms with Crippen molar-refractivity contribution in [1.29, 1.82) is 0 Å². The summed E-state index contributed by atoms with van der Waals surface area (Å²) in [6, 6.07) is 0. The largest absolute Gasteiger partial charge is 0.353 e. The molecule has 0 bridgehead atoms. The van der Waals surface area contributed by atoms with Crippen molar-refractivity contribution in [3.63, 3.8) is 0 Å². The lowest BCUT2D eigenvalue weighted by atomic mass is 10.2. The topological polar surface area (TPSA) is 64.6 Å². The molecule has 92 valence electrons. The lowest BCUT2D eigenvalue weighted by molar-refractivity contribution is -0.139. The molecule has 1 saturated heterocycles. The van der Waals surface area contributed by atoms with Gasteiger partial charge in [0, 0.05) is 19.4 Å². The fourth-order valence-corrected chi connectivity index (χ4v) is 1.47. The van der Waals surface area contributed by atoms with E-state index in [1.54, 1.807) is 0 Å². The van der Waals surface area contributed by atoms with E-state index in [-0.39, 0.29) is 24.2 Å². The lowest BCUT2D eigenvalue weighted by Gasteiger charge is -2.17. The molecule has 1 atom stereocenters. The molecule has 0 saturated carbocycles. The molecule has 1 N–H and O–H groups in total. The zero-order valence-electron chi connectivity index (χ0n) is 10.0. The van der Waals surface area contributed by atoms with Crippen LogP contribution in [0.1, 0.15) is 33.6 Å². The molecule has 1 amide bonds. The van der Waals surface area contributed by atoms with Crippen molar-refractivity contribution in [2.24, 2.45) is 0 Å². The summed E-state index contributed by atoms with van der Waals surface area (Å²) in [4.78, 5) is 22.0. The Kier molecular flexibility index (Phi) is 4.44. The van der Waals surface area contributed by atoms with Crippen molar-refractivity contribution >= 4 is 11.7 Å². The monoisotopic (exact) mass is 229 g/mol. The van der Waals surface area contributed by atoms with Gasteiger partial charge in [-0.15, -0.1) is 0 Å². The third kappa shape index (κ3) is 4.72. The van der Waals surface area contributed by atoms with E-state index < -0.39 is 5.79 Å². The van der Waals surface area contributed by atoms with Crippen LogP contribution in [0.5, 0.6) is 0 Å². The van der Waals surface area contributed by atoms with Crippen molar-refractivity contribution < 1.29 is 19.1 Å². The van der Waals surface area contributed by atoms with Crippen LogP contribution in [-0.4, -0.2) is 36.7 Å². The molecule has 1 aliphatic heterocycles. The first-order valence-corrected chi connectivity index (χ1v) is 5.47. The number of amides is 1. The summed E-state index contributed by atoms with van der Waals surface area (Å²) in [5, 5.41) is 2.72. The average Bonchev–Trinajstić information content (AvgIpc) is 2.52. The maximum atomic E-state index is 11.3. The Labute approximate surface area is 95.5 Å². The van der Waals surface area contributed by atoms with Gasteiger partial charge in [-0.1, -0.05) is 0 Å². The van der Waals surface area contributed by atoms with Gasteiger partial charge in [0.15, 0.2) is 5.79 Å². The predicted molar refractivity (Wildman–Crippen MR) is 57.8 cm³/mol. The van der Waals surface area contributed by atoms with Gasteiger partial charge < -0.3 is 19.6 Å². The molecule has 1 rings (SSSR count). The molecule has 0 aromatic carbocycles. The maximum Gasteiger partial charge on any atom is 0.220 e. The lowest BCUT2D eigenvalue weighted by Crippen LogP contribution is -2.34. The normalized spacial score (nSPS) is 23.1. The second-order valence-electron chi connectivity index (χ2n) is 4.46. The van der Waals surface area contributed by atoms with E-state index in [0.29, 0.717) is 19.6 Å². The fourth-order valence-electron chi connectivity index (χ4n) is 1.47. The van der Waals surface area contributed by atoms with E-state index in [2.05, 4.69) is 5.32 Å². The van der Waals surface area contributed by atoms with Crippen molar-refractivity contribution in [2.75, 3.05) is 13.2 Å². The van der Waals surface area contributed by atoms with Crippen LogP contribution in [0.25, 0.3) is 0 Å². The summed E-state index contributed by atoms with van der Waals surface area (Å²) >= 11 is 0. The van der Waals surface area contributed by atoms with Gasteiger partial charge in [0.1, 0.15) is 11.9 Å². The van der Waals surface area contributed by atoms with Gasteiger partial charge in [-0.3, -0.25) is 4.79 Å². The second kappa shape index (κ2) is 5.41. The molecule has 1 unspecified atom stereocenters. The number of hydrogen-bond donors (Lipinski definition) is 1. The first kappa shape index (κ1) is 13.1. The molecule has 0 aromatic rings. The van der Waals surface area contributed by atoms with E-state index in [1.807, 2.05) is 13.8 Å². The molecular weight excluding hydrogens is 210 g/mol. The summed E-state index contributed by atoms with van der Waals surface area (Å²) in [6.07, 6.45) is 0.433. The van der Waals surface area contributed by atoms with Crippen LogP contribution in [0.4, 0.5) is 0 Å². The molecule has 1 heterocycles. The minimum absolute atomic E-state index is 0.0248. The molecule has 5 heteroatoms. The average molecular weight is 229 g/mol. The van der Waals surface area contributed by atoms with Crippen LogP contribution >= 0.6 is 0 Å². The number of Topliss-reactive ketones (excluding diaryl/α,β-unsaturated/α-hetero) is 1. The molecule has 0 aromatic heterocycles. The van der Waals surface area contributed by atoms with Crippen LogP contribution in [-0.2, 0) is 19.1 Å². The van der Waals surface area contributed by atoms with Crippen molar-refractivity contribution in [1.82, 2.24) is 5.32 Å². The number of ether oxygens (including phenoxy) is 2. The maximum absolute atomic E-state index is 11.3. The summed E-state index contributed by atoms with van der Waals surface area (Å²) in [5.74, 6) is -0.658. The fraction of sp³-hybridized carbons (Fsp3) is 0.818. The number of hydrogen-bond acceptors (Lipinski definition) is 4. The van der Waals surface area contributed by atoms with Crippen molar-refractivity contribution in [3.8, 4) is 0 Å². The van der Waals surface area contributed by atoms with Gasteiger partial charge in [-0.25, -0.2) is 0 Å². The quantitative estimate of drug-likeness (QED) is 0.750. The summed E-state index contributed by atoms with van der Waals surface area (Å²) < 4.78 is 10.9. The van der Waals surface area contributed by atoms with E-state index in [1.165, 1.54) is 6.92 Å². The Hall–Kier alpha value is -0.940. The standard InChI is InChI=1S/C11H19NO4/c1-8(13)4-5-10(14)12-6-9-7-15-11(2,3)16-9/h9H,4-7H2,1-3H3,(H,12,14). The van der Waals surface area contributed by atoms with Crippen LogP contribution in [0.15, 0.2) is 0 Å². The highest BCUT2D eigenvalue weighted by molar-refractivity contribution is 5.83. The number of rotatable bonds is 5. The number of ketones is 1. The van der Waals surface area contributed by atoms with Gasteiger partial charge in [0.25, 0.3) is 0 Å². The van der Waals surface area contributed by atoms with Crippen LogP contribution in [0.3, 0.4) is 0 Å². The molecule has 0 spiro atoms. The highest BCUT2D eigenvalue weighted by Gasteiger charge is 2.32. The van der Waals surface area contributed by atoms with Crippen molar-refractivity contribution in [3.05, 3.63) is 0 Å². The Morgan fingerprint density at radius 3 is 2.56 bits per heavy atom. The first-order chi connectivity index (χ1) is 7.39. The first-order valence-electron chi connectivity index (χ1n) is 5.47. The molecule has 1 aliphatic rings. The highest BCUT2D eigenvalue weighted by atomic mass is 16.7. The number of carbonyl (C=O) groups is 2. The van der Waals surface area contributed by atoms with Crippen molar-refractivity contribution in [2.45, 2.75) is 45.5 Å². The summed E-state index contributed by atoms with van der Waals surface area (Å²) in [6.45, 7) is 6.07. The Morgan fingerprint density at radius 1 is 1.38 bits per heavy atom. The molecule has 16 heavy (non-hydrogen) atoms. The van der Waals surface area contributed by atoms with E-state index in [4.69, 9.17) is 9.47 Å². The Morgan fingerprint density at radius 2 is 2.06 bits per heavy atom.